The van der Waals surface area contributed by atoms with Crippen molar-refractivity contribution in [1.82, 2.24) is 19.1 Å². The van der Waals surface area contributed by atoms with Gasteiger partial charge in [0.15, 0.2) is 5.65 Å². The Balaban J connectivity index is 2.73. The van der Waals surface area contributed by atoms with Crippen LogP contribution in [-0.2, 0) is 19.5 Å². The van der Waals surface area contributed by atoms with E-state index in [1.54, 1.807) is 6.92 Å². The predicted molar refractivity (Wildman–Crippen MR) is 62.8 cm³/mol. The highest BCUT2D eigenvalue weighted by Gasteiger charge is 2.17. The van der Waals surface area contributed by atoms with Gasteiger partial charge in [0.25, 0.3) is 6.43 Å². The number of fused-ring (bicyclic) bond motifs is 1. The van der Waals surface area contributed by atoms with E-state index in [9.17, 15) is 13.6 Å². The summed E-state index contributed by atoms with van der Waals surface area (Å²) < 4.78 is 27.4. The zero-order chi connectivity index (χ0) is 13.3. The number of hydrogen-bond donors (Lipinski definition) is 0. The number of imidazole rings is 1. The van der Waals surface area contributed by atoms with Crippen LogP contribution in [0.2, 0.25) is 0 Å². The van der Waals surface area contributed by atoms with Crippen molar-refractivity contribution in [3.63, 3.8) is 0 Å². The second-order valence-corrected chi connectivity index (χ2v) is 3.88. The molecule has 0 N–H and O–H groups in total. The summed E-state index contributed by atoms with van der Waals surface area (Å²) in [4.78, 5) is 20.2. The predicted octanol–water partition coefficient (Wildman–Crippen LogP) is 1.44. The third kappa shape index (κ3) is 2.00. The first-order valence-electron chi connectivity index (χ1n) is 5.81. The number of aromatic nitrogens is 4. The van der Waals surface area contributed by atoms with Gasteiger partial charge in [0.1, 0.15) is 11.3 Å². The fraction of sp³-hybridized carbons (Fsp3) is 0.545. The first kappa shape index (κ1) is 12.7. The van der Waals surface area contributed by atoms with Crippen molar-refractivity contribution in [1.29, 1.82) is 0 Å². The number of aryl methyl sites for hydroxylation is 2. The van der Waals surface area contributed by atoms with E-state index in [1.807, 2.05) is 6.92 Å². The van der Waals surface area contributed by atoms with Gasteiger partial charge in [0.05, 0.1) is 12.7 Å². The molecular formula is C11H14F2N4O. The van der Waals surface area contributed by atoms with E-state index in [0.717, 1.165) is 4.57 Å². The van der Waals surface area contributed by atoms with Crippen LogP contribution < -0.4 is 5.69 Å². The molecule has 0 aliphatic carbocycles. The lowest BCUT2D eigenvalue weighted by molar-refractivity contribution is 0.126. The van der Waals surface area contributed by atoms with E-state index in [1.165, 1.54) is 10.8 Å². The molecule has 0 aliphatic heterocycles. The lowest BCUT2D eigenvalue weighted by Crippen LogP contribution is -2.26. The summed E-state index contributed by atoms with van der Waals surface area (Å²) in [6.45, 7) is 3.41. The van der Waals surface area contributed by atoms with Crippen LogP contribution in [0.1, 0.15) is 19.7 Å². The summed E-state index contributed by atoms with van der Waals surface area (Å²) in [6.07, 6.45) is -0.469. The maximum atomic E-state index is 12.5. The van der Waals surface area contributed by atoms with Gasteiger partial charge in [0.2, 0.25) is 0 Å². The Bertz CT molecular complexity index is 617. The molecule has 2 rings (SSSR count). The fourth-order valence-electron chi connectivity index (χ4n) is 1.91. The second kappa shape index (κ2) is 4.83. The van der Waals surface area contributed by atoms with Gasteiger partial charge in [-0.25, -0.2) is 23.5 Å². The lowest BCUT2D eigenvalue weighted by Gasteiger charge is -2.01. The van der Waals surface area contributed by atoms with Crippen LogP contribution in [0, 0.1) is 0 Å². The van der Waals surface area contributed by atoms with Gasteiger partial charge in [-0.1, -0.05) is 6.92 Å². The molecular weight excluding hydrogens is 242 g/mol. The Morgan fingerprint density at radius 1 is 1.33 bits per heavy atom. The van der Waals surface area contributed by atoms with Gasteiger partial charge >= 0.3 is 5.69 Å². The number of alkyl halides is 2. The summed E-state index contributed by atoms with van der Waals surface area (Å²) in [5.41, 5.74) is 0.324. The van der Waals surface area contributed by atoms with E-state index < -0.39 is 18.7 Å². The smallest absolute Gasteiger partial charge is 0.289 e. The standard InChI is InChI=1S/C11H14F2N4O/c1-3-9-14-5-7-10(15-9)17(6-8(12)13)11(18)16(7)4-2/h5,8H,3-4,6H2,1-2H3. The molecule has 0 bridgehead atoms. The molecule has 5 nitrogen and oxygen atoms in total. The molecule has 0 amide bonds. The van der Waals surface area contributed by atoms with Crippen LogP contribution in [-0.4, -0.2) is 25.5 Å². The third-order valence-electron chi connectivity index (χ3n) is 2.76. The summed E-state index contributed by atoms with van der Waals surface area (Å²) in [5, 5.41) is 0. The van der Waals surface area contributed by atoms with Gasteiger partial charge < -0.3 is 0 Å². The zero-order valence-electron chi connectivity index (χ0n) is 10.2. The van der Waals surface area contributed by atoms with Crippen LogP contribution >= 0.6 is 0 Å². The highest BCUT2D eigenvalue weighted by molar-refractivity contribution is 5.70. The fourth-order valence-corrected chi connectivity index (χ4v) is 1.91. The Kier molecular flexibility index (Phi) is 3.40. The van der Waals surface area contributed by atoms with E-state index in [2.05, 4.69) is 9.97 Å². The molecule has 98 valence electrons. The monoisotopic (exact) mass is 256 g/mol. The summed E-state index contributed by atoms with van der Waals surface area (Å²) in [5.74, 6) is 0.541. The number of rotatable bonds is 4. The van der Waals surface area contributed by atoms with Crippen LogP contribution in [0.3, 0.4) is 0 Å². The zero-order valence-corrected chi connectivity index (χ0v) is 10.2. The molecule has 0 saturated carbocycles. The van der Waals surface area contributed by atoms with Crippen molar-refractivity contribution in [2.45, 2.75) is 39.8 Å². The van der Waals surface area contributed by atoms with Crippen molar-refractivity contribution in [3.05, 3.63) is 22.5 Å². The van der Waals surface area contributed by atoms with Gasteiger partial charge in [-0.15, -0.1) is 0 Å². The molecule has 0 radical (unpaired) electrons. The third-order valence-corrected chi connectivity index (χ3v) is 2.76. The van der Waals surface area contributed by atoms with Crippen LogP contribution in [0.25, 0.3) is 11.2 Å². The van der Waals surface area contributed by atoms with Crippen LogP contribution in [0.5, 0.6) is 0 Å². The van der Waals surface area contributed by atoms with Crippen molar-refractivity contribution in [2.24, 2.45) is 0 Å². The lowest BCUT2D eigenvalue weighted by atomic mass is 10.4. The van der Waals surface area contributed by atoms with Gasteiger partial charge in [0, 0.05) is 13.0 Å². The number of hydrogen-bond acceptors (Lipinski definition) is 3. The second-order valence-electron chi connectivity index (χ2n) is 3.88. The Morgan fingerprint density at radius 2 is 2.06 bits per heavy atom. The molecule has 0 fully saturated rings. The molecule has 0 atom stereocenters. The van der Waals surface area contributed by atoms with Crippen molar-refractivity contribution >= 4 is 11.2 Å². The highest BCUT2D eigenvalue weighted by Crippen LogP contribution is 2.11. The van der Waals surface area contributed by atoms with Gasteiger partial charge in [-0.2, -0.15) is 0 Å². The Morgan fingerprint density at radius 3 is 2.61 bits per heavy atom. The van der Waals surface area contributed by atoms with Crippen LogP contribution in [0.4, 0.5) is 8.78 Å². The SMILES string of the molecule is CCc1ncc2c(n1)n(CC(F)F)c(=O)n2CC. The molecule has 2 aromatic heterocycles. The molecule has 0 saturated heterocycles. The molecule has 0 spiro atoms. The quantitative estimate of drug-likeness (QED) is 0.831. The minimum Gasteiger partial charge on any atom is -0.289 e. The molecule has 0 aromatic carbocycles. The maximum Gasteiger partial charge on any atom is 0.330 e. The molecule has 0 aliphatic rings. The normalized spacial score (nSPS) is 11.6. The van der Waals surface area contributed by atoms with Crippen molar-refractivity contribution in [3.8, 4) is 0 Å². The topological polar surface area (TPSA) is 52.7 Å². The highest BCUT2D eigenvalue weighted by atomic mass is 19.3. The van der Waals surface area contributed by atoms with E-state index in [4.69, 9.17) is 0 Å². The maximum absolute atomic E-state index is 12.5. The average molecular weight is 256 g/mol. The number of nitrogens with zero attached hydrogens (tertiary/aromatic N) is 4. The largest absolute Gasteiger partial charge is 0.330 e. The minimum absolute atomic E-state index is 0.286. The van der Waals surface area contributed by atoms with Crippen molar-refractivity contribution in [2.75, 3.05) is 0 Å². The number of halogens is 2. The minimum atomic E-state index is -2.58. The van der Waals surface area contributed by atoms with Gasteiger partial charge in [-0.05, 0) is 6.92 Å². The molecule has 18 heavy (non-hydrogen) atoms. The summed E-state index contributed by atoms with van der Waals surface area (Å²) in [7, 11) is 0. The van der Waals surface area contributed by atoms with Gasteiger partial charge in [-0.3, -0.25) is 9.13 Å². The summed E-state index contributed by atoms with van der Waals surface area (Å²) in [6, 6.07) is 0. The van der Waals surface area contributed by atoms with E-state index in [-0.39, 0.29) is 5.65 Å². The van der Waals surface area contributed by atoms with E-state index >= 15 is 0 Å². The first-order chi connectivity index (χ1) is 8.58. The first-order valence-corrected chi connectivity index (χ1v) is 5.81. The average Bonchev–Trinajstić information content (AvgIpc) is 2.61. The Hall–Kier alpha value is -1.79. The summed E-state index contributed by atoms with van der Waals surface area (Å²) >= 11 is 0. The molecule has 2 heterocycles. The van der Waals surface area contributed by atoms with E-state index in [0.29, 0.717) is 24.3 Å². The molecule has 0 unspecified atom stereocenters. The van der Waals surface area contributed by atoms with Crippen molar-refractivity contribution < 1.29 is 8.78 Å². The Labute approximate surface area is 102 Å². The molecule has 2 aromatic rings. The van der Waals surface area contributed by atoms with Crippen LogP contribution in [0.15, 0.2) is 11.0 Å². The molecule has 7 heteroatoms.